The number of hydrogen-bond acceptors (Lipinski definition) is 6. The summed E-state index contributed by atoms with van der Waals surface area (Å²) in [5.41, 5.74) is 0.812. The molecule has 0 aromatic carbocycles. The summed E-state index contributed by atoms with van der Waals surface area (Å²) in [4.78, 5) is 17.9. The van der Waals surface area contributed by atoms with Crippen molar-refractivity contribution in [2.75, 3.05) is 13.1 Å². The normalized spacial score (nSPS) is 12.1. The lowest BCUT2D eigenvalue weighted by Crippen LogP contribution is -2.36. The number of thioether (sulfide) groups is 1. The predicted octanol–water partition coefficient (Wildman–Crippen LogP) is 2.48. The Morgan fingerprint density at radius 3 is 2.57 bits per heavy atom. The zero-order valence-electron chi connectivity index (χ0n) is 12.3. The number of amides is 1. The second kappa shape index (κ2) is 7.21. The summed E-state index contributed by atoms with van der Waals surface area (Å²) < 4.78 is 5.58. The van der Waals surface area contributed by atoms with E-state index < -0.39 is 0 Å². The fraction of sp³-hybridized carbons (Fsp3) is 0.429. The first-order chi connectivity index (χ1) is 10.2. The lowest BCUT2D eigenvalue weighted by atomic mass is 10.3. The third-order valence-corrected chi connectivity index (χ3v) is 3.96. The highest BCUT2D eigenvalue weighted by molar-refractivity contribution is 8.00. The van der Waals surface area contributed by atoms with Gasteiger partial charge in [-0.05, 0) is 32.9 Å². The number of aromatic nitrogens is 3. The molecule has 2 aromatic heterocycles. The van der Waals surface area contributed by atoms with Gasteiger partial charge in [0.25, 0.3) is 5.22 Å². The van der Waals surface area contributed by atoms with Gasteiger partial charge >= 0.3 is 0 Å². The number of carbonyl (C=O) groups excluding carboxylic acids is 1. The first kappa shape index (κ1) is 15.5. The Bertz CT molecular complexity index is 584. The molecule has 2 rings (SSSR count). The Labute approximate surface area is 128 Å². The zero-order valence-corrected chi connectivity index (χ0v) is 13.1. The molecule has 7 heteroatoms. The van der Waals surface area contributed by atoms with Crippen LogP contribution >= 0.6 is 11.8 Å². The maximum atomic E-state index is 12.2. The quantitative estimate of drug-likeness (QED) is 0.763. The molecule has 0 spiro atoms. The second-order valence-electron chi connectivity index (χ2n) is 4.38. The number of carbonyl (C=O) groups is 1. The monoisotopic (exact) mass is 306 g/mol. The van der Waals surface area contributed by atoms with Crippen molar-refractivity contribution in [1.82, 2.24) is 20.1 Å². The lowest BCUT2D eigenvalue weighted by Gasteiger charge is -2.21. The molecule has 2 aromatic rings. The lowest BCUT2D eigenvalue weighted by molar-refractivity contribution is -0.129. The highest BCUT2D eigenvalue weighted by Gasteiger charge is 2.22. The van der Waals surface area contributed by atoms with Crippen LogP contribution < -0.4 is 0 Å². The number of hydrogen-bond donors (Lipinski definition) is 0. The molecule has 0 saturated heterocycles. The average Bonchev–Trinajstić information content (AvgIpc) is 2.97. The summed E-state index contributed by atoms with van der Waals surface area (Å²) in [6.45, 7) is 7.18. The van der Waals surface area contributed by atoms with E-state index in [2.05, 4.69) is 15.2 Å². The standard InChI is InChI=1S/C14H18N4O2S/c1-4-18(5-2)13(19)10(3)21-14-17-16-12(20-14)11-6-8-15-9-7-11/h6-10H,4-5H2,1-3H3/t10-/m0/s1. The highest BCUT2D eigenvalue weighted by atomic mass is 32.2. The third-order valence-electron chi connectivity index (χ3n) is 3.03. The van der Waals surface area contributed by atoms with E-state index in [1.54, 1.807) is 29.4 Å². The molecule has 21 heavy (non-hydrogen) atoms. The third kappa shape index (κ3) is 3.81. The Hall–Kier alpha value is -1.89. The molecule has 0 aliphatic rings. The first-order valence-electron chi connectivity index (χ1n) is 6.85. The van der Waals surface area contributed by atoms with Crippen LogP contribution in [0.5, 0.6) is 0 Å². The van der Waals surface area contributed by atoms with Gasteiger partial charge in [-0.15, -0.1) is 10.2 Å². The Kier molecular flexibility index (Phi) is 5.32. The van der Waals surface area contributed by atoms with E-state index in [0.717, 1.165) is 5.56 Å². The van der Waals surface area contributed by atoms with E-state index in [1.165, 1.54) is 11.8 Å². The van der Waals surface area contributed by atoms with E-state index in [9.17, 15) is 4.79 Å². The van der Waals surface area contributed by atoms with E-state index in [-0.39, 0.29) is 11.2 Å². The van der Waals surface area contributed by atoms with E-state index in [1.807, 2.05) is 20.8 Å². The number of pyridine rings is 1. The maximum Gasteiger partial charge on any atom is 0.277 e. The van der Waals surface area contributed by atoms with Gasteiger partial charge in [0.15, 0.2) is 0 Å². The fourth-order valence-electron chi connectivity index (χ4n) is 1.86. The average molecular weight is 306 g/mol. The molecule has 1 amide bonds. The molecule has 0 N–H and O–H groups in total. The van der Waals surface area contributed by atoms with Gasteiger partial charge in [0.05, 0.1) is 5.25 Å². The van der Waals surface area contributed by atoms with Gasteiger partial charge in [-0.25, -0.2) is 0 Å². The number of rotatable bonds is 6. The summed E-state index contributed by atoms with van der Waals surface area (Å²) in [6.07, 6.45) is 3.33. The van der Waals surface area contributed by atoms with Gasteiger partial charge in [-0.1, -0.05) is 11.8 Å². The smallest absolute Gasteiger partial charge is 0.277 e. The zero-order chi connectivity index (χ0) is 15.2. The van der Waals surface area contributed by atoms with Gasteiger partial charge in [-0.3, -0.25) is 9.78 Å². The van der Waals surface area contributed by atoms with Crippen LogP contribution in [-0.4, -0.2) is 44.3 Å². The van der Waals surface area contributed by atoms with Gasteiger partial charge < -0.3 is 9.32 Å². The van der Waals surface area contributed by atoms with Crippen molar-refractivity contribution < 1.29 is 9.21 Å². The molecule has 0 aliphatic carbocycles. The van der Waals surface area contributed by atoms with E-state index in [4.69, 9.17) is 4.42 Å². The Morgan fingerprint density at radius 2 is 1.95 bits per heavy atom. The molecule has 0 radical (unpaired) electrons. The Balaban J connectivity index is 2.04. The van der Waals surface area contributed by atoms with Crippen molar-refractivity contribution in [3.63, 3.8) is 0 Å². The van der Waals surface area contributed by atoms with Crippen molar-refractivity contribution in [3.05, 3.63) is 24.5 Å². The van der Waals surface area contributed by atoms with Crippen LogP contribution in [0.1, 0.15) is 20.8 Å². The summed E-state index contributed by atoms with van der Waals surface area (Å²) in [5, 5.41) is 8.12. The fourth-order valence-corrected chi connectivity index (χ4v) is 2.63. The van der Waals surface area contributed by atoms with Crippen molar-refractivity contribution in [1.29, 1.82) is 0 Å². The molecule has 0 aliphatic heterocycles. The van der Waals surface area contributed by atoms with Crippen LogP contribution in [0, 0.1) is 0 Å². The summed E-state index contributed by atoms with van der Waals surface area (Å²) in [7, 11) is 0. The number of nitrogens with zero attached hydrogens (tertiary/aromatic N) is 4. The van der Waals surface area contributed by atoms with Crippen LogP contribution in [0.25, 0.3) is 11.5 Å². The molecule has 0 bridgehead atoms. The van der Waals surface area contributed by atoms with Crippen LogP contribution in [0.4, 0.5) is 0 Å². The highest BCUT2D eigenvalue weighted by Crippen LogP contribution is 2.26. The van der Waals surface area contributed by atoms with Crippen LogP contribution in [0.2, 0.25) is 0 Å². The van der Waals surface area contributed by atoms with Crippen molar-refractivity contribution in [2.24, 2.45) is 0 Å². The van der Waals surface area contributed by atoms with Crippen LogP contribution in [0.3, 0.4) is 0 Å². The summed E-state index contributed by atoms with van der Waals surface area (Å²) >= 11 is 1.28. The summed E-state index contributed by atoms with van der Waals surface area (Å²) in [6, 6.07) is 3.60. The first-order valence-corrected chi connectivity index (χ1v) is 7.73. The largest absolute Gasteiger partial charge is 0.411 e. The van der Waals surface area contributed by atoms with Crippen LogP contribution in [-0.2, 0) is 4.79 Å². The van der Waals surface area contributed by atoms with Gasteiger partial charge in [0, 0.05) is 31.0 Å². The topological polar surface area (TPSA) is 72.1 Å². The van der Waals surface area contributed by atoms with Gasteiger partial charge in [0.1, 0.15) is 0 Å². The SMILES string of the molecule is CCN(CC)C(=O)[C@H](C)Sc1nnc(-c2ccncc2)o1. The van der Waals surface area contributed by atoms with Gasteiger partial charge in [0.2, 0.25) is 11.8 Å². The van der Waals surface area contributed by atoms with Crippen molar-refractivity contribution in [2.45, 2.75) is 31.2 Å². The molecule has 1 atom stereocenters. The Morgan fingerprint density at radius 1 is 1.29 bits per heavy atom. The molecule has 0 saturated carbocycles. The molecular formula is C14H18N4O2S. The molecule has 0 unspecified atom stereocenters. The maximum absolute atomic E-state index is 12.2. The minimum Gasteiger partial charge on any atom is -0.411 e. The minimum atomic E-state index is -0.254. The molecular weight excluding hydrogens is 288 g/mol. The predicted molar refractivity (Wildman–Crippen MR) is 80.8 cm³/mol. The molecule has 112 valence electrons. The molecule has 0 fully saturated rings. The van der Waals surface area contributed by atoms with Crippen molar-refractivity contribution >= 4 is 17.7 Å². The summed E-state index contributed by atoms with van der Waals surface area (Å²) in [5.74, 6) is 0.510. The van der Waals surface area contributed by atoms with Crippen molar-refractivity contribution in [3.8, 4) is 11.5 Å². The van der Waals surface area contributed by atoms with Gasteiger partial charge in [-0.2, -0.15) is 0 Å². The minimum absolute atomic E-state index is 0.0775. The van der Waals surface area contributed by atoms with E-state index >= 15 is 0 Å². The second-order valence-corrected chi connectivity index (χ2v) is 5.67. The molecule has 2 heterocycles. The van der Waals surface area contributed by atoms with E-state index in [0.29, 0.717) is 24.2 Å². The molecule has 6 nitrogen and oxygen atoms in total. The van der Waals surface area contributed by atoms with Crippen LogP contribution in [0.15, 0.2) is 34.2 Å².